The number of carbonyl (C=O) groups excluding carboxylic acids is 2. The first kappa shape index (κ1) is 12.6. The van der Waals surface area contributed by atoms with Crippen molar-refractivity contribution in [2.75, 3.05) is 5.75 Å². The van der Waals surface area contributed by atoms with Gasteiger partial charge in [-0.25, -0.2) is 0 Å². The highest BCUT2D eigenvalue weighted by Gasteiger charge is 2.02. The van der Waals surface area contributed by atoms with E-state index in [1.165, 1.54) is 11.8 Å². The average Bonchev–Trinajstić information content (AvgIpc) is 2.18. The summed E-state index contributed by atoms with van der Waals surface area (Å²) < 4.78 is 0. The van der Waals surface area contributed by atoms with Gasteiger partial charge in [-0.1, -0.05) is 12.1 Å². The highest BCUT2D eigenvalue weighted by molar-refractivity contribution is 7.99. The van der Waals surface area contributed by atoms with Crippen LogP contribution in [0.4, 0.5) is 0 Å². The number of carbonyl (C=O) groups is 2. The Morgan fingerprint density at radius 2 is 1.73 bits per heavy atom. The van der Waals surface area contributed by atoms with Crippen molar-refractivity contribution >= 4 is 45.4 Å². The molecule has 80 valence electrons. The highest BCUT2D eigenvalue weighted by atomic mass is 35.5. The first-order valence-electron chi connectivity index (χ1n) is 4.14. The molecule has 0 atom stereocenters. The van der Waals surface area contributed by atoms with E-state index in [9.17, 15) is 9.59 Å². The molecule has 0 aromatic heterocycles. The van der Waals surface area contributed by atoms with Crippen LogP contribution in [0.1, 0.15) is 15.9 Å². The van der Waals surface area contributed by atoms with Crippen molar-refractivity contribution in [3.05, 3.63) is 35.4 Å². The van der Waals surface area contributed by atoms with Gasteiger partial charge in [-0.15, -0.1) is 11.8 Å². The zero-order valence-electron chi connectivity index (χ0n) is 7.70. The maximum atomic E-state index is 10.8. The second-order valence-corrected chi connectivity index (χ2v) is 4.57. The lowest BCUT2D eigenvalue weighted by Gasteiger charge is -2.00. The van der Waals surface area contributed by atoms with Crippen molar-refractivity contribution in [1.29, 1.82) is 0 Å². The number of hydrogen-bond donors (Lipinski definition) is 0. The van der Waals surface area contributed by atoms with E-state index in [1.54, 1.807) is 24.3 Å². The van der Waals surface area contributed by atoms with Gasteiger partial charge in [-0.05, 0) is 40.9 Å². The van der Waals surface area contributed by atoms with E-state index in [4.69, 9.17) is 23.2 Å². The predicted octanol–water partition coefficient (Wildman–Crippen LogP) is 3.06. The number of benzene rings is 1. The Morgan fingerprint density at radius 1 is 1.13 bits per heavy atom. The summed E-state index contributed by atoms with van der Waals surface area (Å²) >= 11 is 11.9. The summed E-state index contributed by atoms with van der Waals surface area (Å²) in [6, 6.07) is 6.93. The van der Waals surface area contributed by atoms with Gasteiger partial charge in [0.25, 0.3) is 5.24 Å². The maximum Gasteiger partial charge on any atom is 0.252 e. The molecule has 5 heteroatoms. The average molecular weight is 263 g/mol. The summed E-state index contributed by atoms with van der Waals surface area (Å²) in [5, 5.41) is -0.822. The Hall–Kier alpha value is -0.510. The van der Waals surface area contributed by atoms with E-state index in [0.29, 0.717) is 11.3 Å². The van der Waals surface area contributed by atoms with Crippen LogP contribution in [0, 0.1) is 0 Å². The van der Waals surface area contributed by atoms with Gasteiger partial charge in [0.05, 0.1) is 5.75 Å². The molecule has 1 aromatic carbocycles. The van der Waals surface area contributed by atoms with Gasteiger partial charge in [-0.3, -0.25) is 9.59 Å². The van der Waals surface area contributed by atoms with Gasteiger partial charge in [0.15, 0.2) is 0 Å². The molecule has 0 fully saturated rings. The first-order chi connectivity index (χ1) is 7.09. The predicted molar refractivity (Wildman–Crippen MR) is 63.6 cm³/mol. The summed E-state index contributed by atoms with van der Waals surface area (Å²) in [5.41, 5.74) is 1.50. The fourth-order valence-corrected chi connectivity index (χ4v) is 2.03. The fraction of sp³-hybridized carbons (Fsp3) is 0.200. The van der Waals surface area contributed by atoms with Gasteiger partial charge in [0.2, 0.25) is 5.24 Å². The van der Waals surface area contributed by atoms with Crippen molar-refractivity contribution in [3.63, 3.8) is 0 Å². The van der Waals surface area contributed by atoms with Crippen LogP contribution >= 0.6 is 35.0 Å². The topological polar surface area (TPSA) is 34.1 Å². The van der Waals surface area contributed by atoms with Crippen LogP contribution in [-0.2, 0) is 10.5 Å². The van der Waals surface area contributed by atoms with Crippen molar-refractivity contribution in [3.8, 4) is 0 Å². The van der Waals surface area contributed by atoms with Gasteiger partial charge in [-0.2, -0.15) is 0 Å². The molecular formula is C10H8Cl2O2S. The third-order valence-corrected chi connectivity index (χ3v) is 3.18. The molecule has 0 aliphatic carbocycles. The van der Waals surface area contributed by atoms with E-state index in [-0.39, 0.29) is 11.0 Å². The van der Waals surface area contributed by atoms with Crippen LogP contribution < -0.4 is 0 Å². The minimum Gasteiger partial charge on any atom is -0.280 e. The lowest BCUT2D eigenvalue weighted by atomic mass is 10.2. The minimum absolute atomic E-state index is 0.289. The van der Waals surface area contributed by atoms with Gasteiger partial charge >= 0.3 is 0 Å². The lowest BCUT2D eigenvalue weighted by Crippen LogP contribution is -1.92. The maximum absolute atomic E-state index is 10.8. The zero-order valence-corrected chi connectivity index (χ0v) is 10.0. The van der Waals surface area contributed by atoms with E-state index in [2.05, 4.69) is 0 Å². The minimum atomic E-state index is -0.467. The Bertz CT molecular complexity index is 362. The van der Waals surface area contributed by atoms with Crippen LogP contribution in [-0.4, -0.2) is 16.2 Å². The number of hydrogen-bond acceptors (Lipinski definition) is 3. The van der Waals surface area contributed by atoms with E-state index < -0.39 is 5.24 Å². The highest BCUT2D eigenvalue weighted by Crippen LogP contribution is 2.14. The molecule has 1 rings (SSSR count). The summed E-state index contributed by atoms with van der Waals surface area (Å²) in [4.78, 5) is 21.2. The van der Waals surface area contributed by atoms with Crippen LogP contribution in [0.25, 0.3) is 0 Å². The second-order valence-electron chi connectivity index (χ2n) is 2.82. The molecule has 0 unspecified atom stereocenters. The van der Waals surface area contributed by atoms with E-state index in [0.717, 1.165) is 5.56 Å². The third-order valence-electron chi connectivity index (χ3n) is 1.67. The van der Waals surface area contributed by atoms with Crippen molar-refractivity contribution < 1.29 is 9.59 Å². The van der Waals surface area contributed by atoms with Gasteiger partial charge < -0.3 is 0 Å². The molecule has 15 heavy (non-hydrogen) atoms. The lowest BCUT2D eigenvalue weighted by molar-refractivity contribution is -0.109. The quantitative estimate of drug-likeness (QED) is 0.765. The zero-order chi connectivity index (χ0) is 11.3. The third kappa shape index (κ3) is 4.69. The van der Waals surface area contributed by atoms with Crippen molar-refractivity contribution in [2.45, 2.75) is 5.75 Å². The number of halogens is 2. The monoisotopic (exact) mass is 262 g/mol. The van der Waals surface area contributed by atoms with Crippen molar-refractivity contribution in [2.24, 2.45) is 0 Å². The standard InChI is InChI=1S/C10H8Cl2O2S/c11-9(13)6-15-5-7-1-3-8(4-2-7)10(12)14/h1-4H,5-6H2. The van der Waals surface area contributed by atoms with Gasteiger partial charge in [0.1, 0.15) is 0 Å². The van der Waals surface area contributed by atoms with Gasteiger partial charge in [0, 0.05) is 11.3 Å². The molecule has 2 nitrogen and oxygen atoms in total. The molecule has 0 saturated carbocycles. The molecule has 0 N–H and O–H groups in total. The molecule has 0 amide bonds. The number of thioether (sulfide) groups is 1. The molecule has 0 saturated heterocycles. The number of rotatable bonds is 5. The van der Waals surface area contributed by atoms with Crippen LogP contribution in [0.5, 0.6) is 0 Å². The Balaban J connectivity index is 2.50. The van der Waals surface area contributed by atoms with E-state index in [1.807, 2.05) is 0 Å². The molecular weight excluding hydrogens is 255 g/mol. The van der Waals surface area contributed by atoms with Crippen LogP contribution in [0.2, 0.25) is 0 Å². The molecule has 0 aliphatic heterocycles. The Kier molecular flexibility index (Phi) is 5.15. The smallest absolute Gasteiger partial charge is 0.252 e. The Labute approximate surface area is 102 Å². The summed E-state index contributed by atoms with van der Waals surface area (Å²) in [7, 11) is 0. The van der Waals surface area contributed by atoms with Crippen molar-refractivity contribution in [1.82, 2.24) is 0 Å². The Morgan fingerprint density at radius 3 is 2.20 bits per heavy atom. The molecule has 0 bridgehead atoms. The molecule has 0 radical (unpaired) electrons. The van der Waals surface area contributed by atoms with Crippen LogP contribution in [0.15, 0.2) is 24.3 Å². The SMILES string of the molecule is O=C(Cl)CSCc1ccc(C(=O)Cl)cc1. The van der Waals surface area contributed by atoms with E-state index >= 15 is 0 Å². The normalized spacial score (nSPS) is 10.0. The molecule has 0 heterocycles. The summed E-state index contributed by atoms with van der Waals surface area (Å²) in [6.45, 7) is 0. The van der Waals surface area contributed by atoms with Crippen LogP contribution in [0.3, 0.4) is 0 Å². The molecule has 0 spiro atoms. The summed E-state index contributed by atoms with van der Waals surface area (Å²) in [5.74, 6) is 0.979. The fourth-order valence-electron chi connectivity index (χ4n) is 0.981. The second kappa shape index (κ2) is 6.16. The molecule has 1 aromatic rings. The largest absolute Gasteiger partial charge is 0.280 e. The molecule has 0 aliphatic rings. The summed E-state index contributed by atoms with van der Waals surface area (Å²) in [6.07, 6.45) is 0. The first-order valence-corrected chi connectivity index (χ1v) is 6.05.